The number of aromatic amines is 1. The SMILES string of the molecule is CCc1ccc(C(=O)NCc2nc3ccccc3[nH]2)s1. The molecule has 3 rings (SSSR count). The Hall–Kier alpha value is -2.14. The molecular weight excluding hydrogens is 270 g/mol. The molecule has 2 heterocycles. The van der Waals surface area contributed by atoms with Crippen molar-refractivity contribution in [1.29, 1.82) is 0 Å². The van der Waals surface area contributed by atoms with E-state index in [0.717, 1.165) is 28.2 Å². The van der Waals surface area contributed by atoms with Gasteiger partial charge in [0.2, 0.25) is 0 Å². The second-order valence-electron chi connectivity index (χ2n) is 4.50. The molecule has 4 nitrogen and oxygen atoms in total. The third-order valence-corrected chi connectivity index (χ3v) is 4.32. The van der Waals surface area contributed by atoms with Crippen LogP contribution in [-0.4, -0.2) is 15.9 Å². The minimum absolute atomic E-state index is 0.0462. The fourth-order valence-corrected chi connectivity index (χ4v) is 2.89. The predicted molar refractivity (Wildman–Crippen MR) is 81.0 cm³/mol. The Morgan fingerprint density at radius 2 is 2.15 bits per heavy atom. The van der Waals surface area contributed by atoms with Crippen molar-refractivity contribution in [3.63, 3.8) is 0 Å². The lowest BCUT2D eigenvalue weighted by Crippen LogP contribution is -2.22. The summed E-state index contributed by atoms with van der Waals surface area (Å²) >= 11 is 1.54. The first-order valence-corrected chi connectivity index (χ1v) is 7.38. The van der Waals surface area contributed by atoms with Crippen molar-refractivity contribution in [3.8, 4) is 0 Å². The van der Waals surface area contributed by atoms with Gasteiger partial charge in [-0.15, -0.1) is 11.3 Å². The molecule has 0 bridgehead atoms. The third-order valence-electron chi connectivity index (χ3n) is 3.09. The van der Waals surface area contributed by atoms with Gasteiger partial charge in [-0.1, -0.05) is 19.1 Å². The van der Waals surface area contributed by atoms with Gasteiger partial charge in [-0.3, -0.25) is 4.79 Å². The number of nitrogens with zero attached hydrogens (tertiary/aromatic N) is 1. The summed E-state index contributed by atoms with van der Waals surface area (Å²) in [7, 11) is 0. The Labute approximate surface area is 120 Å². The molecule has 0 aliphatic rings. The number of carbonyl (C=O) groups excluding carboxylic acids is 1. The van der Waals surface area contributed by atoms with Gasteiger partial charge in [0.15, 0.2) is 0 Å². The number of aryl methyl sites for hydroxylation is 1. The second kappa shape index (κ2) is 5.46. The fraction of sp³-hybridized carbons (Fsp3) is 0.200. The van der Waals surface area contributed by atoms with E-state index in [1.807, 2.05) is 36.4 Å². The number of carbonyl (C=O) groups is 1. The van der Waals surface area contributed by atoms with E-state index in [4.69, 9.17) is 0 Å². The molecule has 0 radical (unpaired) electrons. The molecule has 2 N–H and O–H groups in total. The van der Waals surface area contributed by atoms with E-state index in [9.17, 15) is 4.79 Å². The summed E-state index contributed by atoms with van der Waals surface area (Å²) in [6.07, 6.45) is 0.960. The molecule has 20 heavy (non-hydrogen) atoms. The van der Waals surface area contributed by atoms with Gasteiger partial charge in [-0.25, -0.2) is 4.98 Å². The maximum atomic E-state index is 12.0. The number of amides is 1. The molecule has 0 spiro atoms. The molecular formula is C15H15N3OS. The number of thiophene rings is 1. The van der Waals surface area contributed by atoms with Crippen LogP contribution >= 0.6 is 11.3 Å². The van der Waals surface area contributed by atoms with Gasteiger partial charge in [0, 0.05) is 4.88 Å². The van der Waals surface area contributed by atoms with Crippen molar-refractivity contribution in [2.45, 2.75) is 19.9 Å². The molecule has 0 saturated heterocycles. The number of aromatic nitrogens is 2. The number of para-hydroxylation sites is 2. The lowest BCUT2D eigenvalue weighted by Gasteiger charge is -2.00. The van der Waals surface area contributed by atoms with E-state index >= 15 is 0 Å². The molecule has 0 fully saturated rings. The van der Waals surface area contributed by atoms with Crippen molar-refractivity contribution < 1.29 is 4.79 Å². The maximum absolute atomic E-state index is 12.0. The molecule has 102 valence electrons. The topological polar surface area (TPSA) is 57.8 Å². The fourth-order valence-electron chi connectivity index (χ4n) is 2.03. The summed E-state index contributed by atoms with van der Waals surface area (Å²) in [5, 5.41) is 2.89. The van der Waals surface area contributed by atoms with Crippen LogP contribution in [0.2, 0.25) is 0 Å². The predicted octanol–water partition coefficient (Wildman–Crippen LogP) is 3.12. The van der Waals surface area contributed by atoms with E-state index in [1.165, 1.54) is 16.2 Å². The molecule has 0 saturated carbocycles. The van der Waals surface area contributed by atoms with Gasteiger partial charge in [0.1, 0.15) is 5.82 Å². The summed E-state index contributed by atoms with van der Waals surface area (Å²) in [6.45, 7) is 2.49. The van der Waals surface area contributed by atoms with Crippen LogP contribution in [-0.2, 0) is 13.0 Å². The number of benzene rings is 1. The van der Waals surface area contributed by atoms with Crippen LogP contribution in [0.25, 0.3) is 11.0 Å². The Morgan fingerprint density at radius 3 is 2.90 bits per heavy atom. The summed E-state index contributed by atoms with van der Waals surface area (Å²) in [5.41, 5.74) is 1.90. The first kappa shape index (κ1) is 12.9. The largest absolute Gasteiger partial charge is 0.344 e. The summed E-state index contributed by atoms with van der Waals surface area (Å²) < 4.78 is 0. The zero-order valence-corrected chi connectivity index (χ0v) is 12.0. The summed E-state index contributed by atoms with van der Waals surface area (Å²) in [5.74, 6) is 0.724. The lowest BCUT2D eigenvalue weighted by molar-refractivity contribution is 0.0954. The van der Waals surface area contributed by atoms with Crippen molar-refractivity contribution in [3.05, 3.63) is 52.0 Å². The average molecular weight is 285 g/mol. The smallest absolute Gasteiger partial charge is 0.261 e. The Bertz CT molecular complexity index is 711. The first-order chi connectivity index (χ1) is 9.76. The van der Waals surface area contributed by atoms with Crippen LogP contribution in [0.5, 0.6) is 0 Å². The van der Waals surface area contributed by atoms with Crippen LogP contribution in [0.4, 0.5) is 0 Å². The third kappa shape index (κ3) is 2.58. The van der Waals surface area contributed by atoms with Crippen LogP contribution < -0.4 is 5.32 Å². The first-order valence-electron chi connectivity index (χ1n) is 6.57. The van der Waals surface area contributed by atoms with Gasteiger partial charge < -0.3 is 10.3 Å². The Balaban J connectivity index is 1.68. The molecule has 1 aromatic carbocycles. The monoisotopic (exact) mass is 285 g/mol. The highest BCUT2D eigenvalue weighted by molar-refractivity contribution is 7.14. The van der Waals surface area contributed by atoms with E-state index in [-0.39, 0.29) is 5.91 Å². The summed E-state index contributed by atoms with van der Waals surface area (Å²) in [6, 6.07) is 11.7. The molecule has 1 amide bonds. The van der Waals surface area contributed by atoms with E-state index < -0.39 is 0 Å². The number of fused-ring (bicyclic) bond motifs is 1. The standard InChI is InChI=1S/C15H15N3OS/c1-2-10-7-8-13(20-10)15(19)16-9-14-17-11-5-3-4-6-12(11)18-14/h3-8H,2,9H2,1H3,(H,16,19)(H,17,18). The molecule has 2 aromatic heterocycles. The second-order valence-corrected chi connectivity index (χ2v) is 5.67. The van der Waals surface area contributed by atoms with Crippen LogP contribution in [0.15, 0.2) is 36.4 Å². The van der Waals surface area contributed by atoms with Crippen LogP contribution in [0, 0.1) is 0 Å². The number of hydrogen-bond donors (Lipinski definition) is 2. The number of nitrogens with one attached hydrogen (secondary N) is 2. The lowest BCUT2D eigenvalue weighted by atomic mass is 10.3. The van der Waals surface area contributed by atoms with Gasteiger partial charge in [-0.2, -0.15) is 0 Å². The quantitative estimate of drug-likeness (QED) is 0.774. The van der Waals surface area contributed by atoms with Crippen LogP contribution in [0.1, 0.15) is 27.3 Å². The van der Waals surface area contributed by atoms with E-state index in [1.54, 1.807) is 0 Å². The normalized spacial score (nSPS) is 10.8. The number of rotatable bonds is 4. The zero-order chi connectivity index (χ0) is 13.9. The van der Waals surface area contributed by atoms with Gasteiger partial charge in [0.05, 0.1) is 22.5 Å². The number of hydrogen-bond acceptors (Lipinski definition) is 3. The van der Waals surface area contributed by atoms with Crippen LogP contribution in [0.3, 0.4) is 0 Å². The molecule has 0 atom stereocenters. The average Bonchev–Trinajstić information content (AvgIpc) is 3.10. The van der Waals surface area contributed by atoms with Crippen molar-refractivity contribution in [1.82, 2.24) is 15.3 Å². The van der Waals surface area contributed by atoms with Crippen molar-refractivity contribution >= 4 is 28.3 Å². The zero-order valence-electron chi connectivity index (χ0n) is 11.1. The molecule has 0 aliphatic carbocycles. The highest BCUT2D eigenvalue weighted by Gasteiger charge is 2.09. The highest BCUT2D eigenvalue weighted by atomic mass is 32.1. The minimum atomic E-state index is -0.0462. The van der Waals surface area contributed by atoms with Gasteiger partial charge >= 0.3 is 0 Å². The molecule has 3 aromatic rings. The number of imidazole rings is 1. The van der Waals surface area contributed by atoms with Gasteiger partial charge in [-0.05, 0) is 30.7 Å². The number of H-pyrrole nitrogens is 1. The van der Waals surface area contributed by atoms with E-state index in [0.29, 0.717) is 6.54 Å². The summed E-state index contributed by atoms with van der Waals surface area (Å²) in [4.78, 5) is 21.6. The van der Waals surface area contributed by atoms with Crippen molar-refractivity contribution in [2.75, 3.05) is 0 Å². The maximum Gasteiger partial charge on any atom is 0.261 e. The Morgan fingerprint density at radius 1 is 1.30 bits per heavy atom. The highest BCUT2D eigenvalue weighted by Crippen LogP contribution is 2.17. The Kier molecular flexibility index (Phi) is 3.52. The van der Waals surface area contributed by atoms with Gasteiger partial charge in [0.25, 0.3) is 5.91 Å². The van der Waals surface area contributed by atoms with E-state index in [2.05, 4.69) is 22.2 Å². The minimum Gasteiger partial charge on any atom is -0.344 e. The van der Waals surface area contributed by atoms with Crippen molar-refractivity contribution in [2.24, 2.45) is 0 Å². The molecule has 0 aliphatic heterocycles. The molecule has 0 unspecified atom stereocenters. The molecule has 5 heteroatoms.